The molecule has 0 atom stereocenters. The standard InChI is InChI=1S/C17H22N2O3S.ClH/c1-22-14-13-18-11-12-19-23(20,21)17-9-7-16(8-10-17)15-5-3-2-4-6-15;/h2-10,18-19H,11-14H2,1H3;1H. The van der Waals surface area contributed by atoms with Gasteiger partial charge in [-0.25, -0.2) is 13.1 Å². The normalized spacial score (nSPS) is 11.0. The molecule has 132 valence electrons. The summed E-state index contributed by atoms with van der Waals surface area (Å²) in [5.74, 6) is 0. The van der Waals surface area contributed by atoms with Crippen LogP contribution in [0.15, 0.2) is 59.5 Å². The highest BCUT2D eigenvalue weighted by atomic mass is 35.5. The van der Waals surface area contributed by atoms with Crippen LogP contribution in [0.2, 0.25) is 0 Å². The highest BCUT2D eigenvalue weighted by Crippen LogP contribution is 2.20. The number of rotatable bonds is 9. The van der Waals surface area contributed by atoms with Crippen LogP contribution in [0.4, 0.5) is 0 Å². The van der Waals surface area contributed by atoms with Gasteiger partial charge < -0.3 is 10.1 Å². The van der Waals surface area contributed by atoms with Crippen molar-refractivity contribution in [3.8, 4) is 11.1 Å². The van der Waals surface area contributed by atoms with Crippen LogP contribution in [0, 0.1) is 0 Å². The van der Waals surface area contributed by atoms with Gasteiger partial charge in [0, 0.05) is 26.7 Å². The van der Waals surface area contributed by atoms with E-state index in [9.17, 15) is 8.42 Å². The van der Waals surface area contributed by atoms with Crippen LogP contribution in [0.1, 0.15) is 0 Å². The van der Waals surface area contributed by atoms with Crippen LogP contribution in [-0.4, -0.2) is 41.8 Å². The van der Waals surface area contributed by atoms with Gasteiger partial charge in [0.05, 0.1) is 11.5 Å². The van der Waals surface area contributed by atoms with E-state index < -0.39 is 10.0 Å². The Bertz CT molecular complexity index is 692. The van der Waals surface area contributed by atoms with Gasteiger partial charge in [0.2, 0.25) is 10.0 Å². The molecule has 0 spiro atoms. The van der Waals surface area contributed by atoms with Crippen molar-refractivity contribution in [2.45, 2.75) is 4.90 Å². The second kappa shape index (κ2) is 10.4. The molecule has 0 unspecified atom stereocenters. The summed E-state index contributed by atoms with van der Waals surface area (Å²) in [4.78, 5) is 0.272. The van der Waals surface area contributed by atoms with E-state index in [1.54, 1.807) is 19.2 Å². The largest absolute Gasteiger partial charge is 0.383 e. The van der Waals surface area contributed by atoms with Gasteiger partial charge in [0.25, 0.3) is 0 Å². The summed E-state index contributed by atoms with van der Waals surface area (Å²) >= 11 is 0. The molecule has 7 heteroatoms. The summed E-state index contributed by atoms with van der Waals surface area (Å²) in [7, 11) is -1.84. The monoisotopic (exact) mass is 370 g/mol. The first-order chi connectivity index (χ1) is 11.1. The van der Waals surface area contributed by atoms with Crippen molar-refractivity contribution in [1.29, 1.82) is 0 Å². The smallest absolute Gasteiger partial charge is 0.240 e. The maximum Gasteiger partial charge on any atom is 0.240 e. The SMILES string of the molecule is COCCNCCNS(=O)(=O)c1ccc(-c2ccccc2)cc1.Cl. The van der Waals surface area contributed by atoms with Crippen LogP contribution in [-0.2, 0) is 14.8 Å². The number of nitrogens with one attached hydrogen (secondary N) is 2. The lowest BCUT2D eigenvalue weighted by molar-refractivity contribution is 0.199. The van der Waals surface area contributed by atoms with Crippen LogP contribution < -0.4 is 10.0 Å². The summed E-state index contributed by atoms with van der Waals surface area (Å²) in [6.45, 7) is 2.20. The van der Waals surface area contributed by atoms with Crippen molar-refractivity contribution in [2.75, 3.05) is 33.4 Å². The van der Waals surface area contributed by atoms with E-state index in [4.69, 9.17) is 4.74 Å². The lowest BCUT2D eigenvalue weighted by Crippen LogP contribution is -2.33. The Hall–Kier alpha value is -1.44. The van der Waals surface area contributed by atoms with Gasteiger partial charge in [-0.15, -0.1) is 12.4 Å². The number of halogens is 1. The summed E-state index contributed by atoms with van der Waals surface area (Å²) in [6, 6.07) is 16.7. The number of ether oxygens (including phenoxy) is 1. The van der Waals surface area contributed by atoms with Gasteiger partial charge in [-0.2, -0.15) is 0 Å². The third-order valence-electron chi connectivity index (χ3n) is 3.35. The molecule has 0 amide bonds. The van der Waals surface area contributed by atoms with Crippen molar-refractivity contribution in [3.05, 3.63) is 54.6 Å². The Morgan fingerprint density at radius 3 is 2.12 bits per heavy atom. The highest BCUT2D eigenvalue weighted by molar-refractivity contribution is 7.89. The molecule has 24 heavy (non-hydrogen) atoms. The van der Waals surface area contributed by atoms with Crippen LogP contribution in [0.3, 0.4) is 0 Å². The second-order valence-electron chi connectivity index (χ2n) is 5.03. The van der Waals surface area contributed by atoms with Crippen LogP contribution >= 0.6 is 12.4 Å². The minimum atomic E-state index is -3.47. The molecule has 2 aromatic carbocycles. The van der Waals surface area contributed by atoms with Gasteiger partial charge in [-0.3, -0.25) is 0 Å². The van der Waals surface area contributed by atoms with E-state index in [0.29, 0.717) is 26.2 Å². The number of benzene rings is 2. The molecule has 5 nitrogen and oxygen atoms in total. The number of methoxy groups -OCH3 is 1. The third-order valence-corrected chi connectivity index (χ3v) is 4.83. The molecule has 0 saturated heterocycles. The molecule has 0 aliphatic carbocycles. The summed E-state index contributed by atoms with van der Waals surface area (Å²) in [5, 5.41) is 3.09. The van der Waals surface area contributed by atoms with Gasteiger partial charge in [-0.05, 0) is 23.3 Å². The molecule has 0 fully saturated rings. The van der Waals surface area contributed by atoms with Crippen molar-refractivity contribution >= 4 is 22.4 Å². The topological polar surface area (TPSA) is 67.4 Å². The predicted molar refractivity (Wildman–Crippen MR) is 99.1 cm³/mol. The lowest BCUT2D eigenvalue weighted by atomic mass is 10.1. The number of sulfonamides is 1. The second-order valence-corrected chi connectivity index (χ2v) is 6.80. The Kier molecular flexibility index (Phi) is 8.95. The van der Waals surface area contributed by atoms with Gasteiger partial charge >= 0.3 is 0 Å². The Balaban J connectivity index is 0.00000288. The molecule has 0 heterocycles. The van der Waals surface area contributed by atoms with E-state index in [0.717, 1.165) is 11.1 Å². The number of hydrogen-bond donors (Lipinski definition) is 2. The van der Waals surface area contributed by atoms with Gasteiger partial charge in [0.1, 0.15) is 0 Å². The zero-order valence-corrected chi connectivity index (χ0v) is 15.2. The van der Waals surface area contributed by atoms with Gasteiger partial charge in [0.15, 0.2) is 0 Å². The summed E-state index contributed by atoms with van der Waals surface area (Å²) in [5.41, 5.74) is 2.05. The molecule has 2 N–H and O–H groups in total. The van der Waals surface area contributed by atoms with Crippen molar-refractivity contribution in [3.63, 3.8) is 0 Å². The quantitative estimate of drug-likeness (QED) is 0.664. The molecule has 0 radical (unpaired) electrons. The molecule has 2 rings (SSSR count). The van der Waals surface area contributed by atoms with Crippen molar-refractivity contribution in [1.82, 2.24) is 10.0 Å². The average molecular weight is 371 g/mol. The minimum absolute atomic E-state index is 0. The van der Waals surface area contributed by atoms with E-state index >= 15 is 0 Å². The highest BCUT2D eigenvalue weighted by Gasteiger charge is 2.12. The molecular formula is C17H23ClN2O3S. The maximum atomic E-state index is 12.2. The molecule has 0 aliphatic rings. The zero-order chi connectivity index (χ0) is 16.5. The number of hydrogen-bond acceptors (Lipinski definition) is 4. The molecule has 2 aromatic rings. The summed E-state index contributed by atoms with van der Waals surface area (Å²) < 4.78 is 31.9. The first kappa shape index (κ1) is 20.6. The fourth-order valence-corrected chi connectivity index (χ4v) is 3.15. The van der Waals surface area contributed by atoms with E-state index in [1.807, 2.05) is 42.5 Å². The fourth-order valence-electron chi connectivity index (χ4n) is 2.11. The Labute approximate surface area is 149 Å². The van der Waals surface area contributed by atoms with Crippen LogP contribution in [0.5, 0.6) is 0 Å². The molecular weight excluding hydrogens is 348 g/mol. The van der Waals surface area contributed by atoms with E-state index in [1.165, 1.54) is 0 Å². The van der Waals surface area contributed by atoms with E-state index in [-0.39, 0.29) is 17.3 Å². The molecule has 0 saturated carbocycles. The Morgan fingerprint density at radius 2 is 1.50 bits per heavy atom. The molecule has 0 aromatic heterocycles. The first-order valence-corrected chi connectivity index (χ1v) is 8.96. The lowest BCUT2D eigenvalue weighted by Gasteiger charge is -2.08. The average Bonchev–Trinajstić information content (AvgIpc) is 2.59. The van der Waals surface area contributed by atoms with Gasteiger partial charge in [-0.1, -0.05) is 42.5 Å². The van der Waals surface area contributed by atoms with Crippen molar-refractivity contribution in [2.24, 2.45) is 0 Å². The van der Waals surface area contributed by atoms with Crippen molar-refractivity contribution < 1.29 is 13.2 Å². The Morgan fingerprint density at radius 1 is 0.875 bits per heavy atom. The fraction of sp³-hybridized carbons (Fsp3) is 0.294. The van der Waals surface area contributed by atoms with E-state index in [2.05, 4.69) is 10.0 Å². The molecule has 0 bridgehead atoms. The predicted octanol–water partition coefficient (Wildman–Crippen LogP) is 2.29. The maximum absolute atomic E-state index is 12.2. The minimum Gasteiger partial charge on any atom is -0.383 e. The first-order valence-electron chi connectivity index (χ1n) is 7.48. The zero-order valence-electron chi connectivity index (χ0n) is 13.6. The third kappa shape index (κ3) is 6.22. The van der Waals surface area contributed by atoms with Crippen LogP contribution in [0.25, 0.3) is 11.1 Å². The molecule has 0 aliphatic heterocycles. The summed E-state index contributed by atoms with van der Waals surface area (Å²) in [6.07, 6.45) is 0.